The zero-order valence-electron chi connectivity index (χ0n) is 12.7. The summed E-state index contributed by atoms with van der Waals surface area (Å²) in [5.41, 5.74) is 6.16. The standard InChI is InChI=1S/C15H24N2O3S/c1-17(2)21(18,19)15-11-7-6-10-14(15)20-13-9-5-3-4-8-12(13)16/h6-7,10-13H,3-5,8-9,16H2,1-2H3. The maximum atomic E-state index is 12.4. The van der Waals surface area contributed by atoms with Gasteiger partial charge in [-0.3, -0.25) is 0 Å². The van der Waals surface area contributed by atoms with Gasteiger partial charge in [0.2, 0.25) is 10.0 Å². The van der Waals surface area contributed by atoms with E-state index in [1.54, 1.807) is 24.3 Å². The minimum absolute atomic E-state index is 0.0392. The van der Waals surface area contributed by atoms with Gasteiger partial charge in [0.1, 0.15) is 16.7 Å². The molecule has 1 aromatic carbocycles. The Kier molecular flexibility index (Phi) is 5.24. The van der Waals surface area contributed by atoms with Crippen LogP contribution in [0.5, 0.6) is 5.75 Å². The smallest absolute Gasteiger partial charge is 0.246 e. The fraction of sp³-hybridized carbons (Fsp3) is 0.600. The van der Waals surface area contributed by atoms with Crippen molar-refractivity contribution in [1.29, 1.82) is 0 Å². The summed E-state index contributed by atoms with van der Waals surface area (Å²) in [5.74, 6) is 0.397. The van der Waals surface area contributed by atoms with Gasteiger partial charge in [0, 0.05) is 20.1 Å². The number of para-hydroxylation sites is 1. The summed E-state index contributed by atoms with van der Waals surface area (Å²) in [5, 5.41) is 0. The first-order valence-electron chi connectivity index (χ1n) is 7.36. The molecule has 118 valence electrons. The van der Waals surface area contributed by atoms with Crippen LogP contribution in [0, 0.1) is 0 Å². The molecule has 0 saturated heterocycles. The highest BCUT2D eigenvalue weighted by Gasteiger charge is 2.26. The molecule has 2 rings (SSSR count). The number of hydrogen-bond donors (Lipinski definition) is 1. The second kappa shape index (κ2) is 6.77. The summed E-state index contributed by atoms with van der Waals surface area (Å²) in [6, 6.07) is 6.73. The Labute approximate surface area is 127 Å². The van der Waals surface area contributed by atoms with E-state index in [4.69, 9.17) is 10.5 Å². The van der Waals surface area contributed by atoms with Crippen molar-refractivity contribution in [3.63, 3.8) is 0 Å². The van der Waals surface area contributed by atoms with Gasteiger partial charge in [-0.1, -0.05) is 25.0 Å². The lowest BCUT2D eigenvalue weighted by Gasteiger charge is -2.24. The predicted octanol–water partition coefficient (Wildman–Crippen LogP) is 1.98. The highest BCUT2D eigenvalue weighted by atomic mass is 32.2. The van der Waals surface area contributed by atoms with Crippen LogP contribution in [-0.2, 0) is 10.0 Å². The minimum atomic E-state index is -3.52. The third-order valence-electron chi connectivity index (χ3n) is 3.89. The van der Waals surface area contributed by atoms with Gasteiger partial charge in [-0.2, -0.15) is 0 Å². The van der Waals surface area contributed by atoms with Crippen molar-refractivity contribution in [3.8, 4) is 5.75 Å². The summed E-state index contributed by atoms with van der Waals surface area (Å²) >= 11 is 0. The molecule has 0 radical (unpaired) electrons. The molecule has 5 nitrogen and oxygen atoms in total. The van der Waals surface area contributed by atoms with Crippen molar-refractivity contribution in [1.82, 2.24) is 4.31 Å². The quantitative estimate of drug-likeness (QED) is 0.863. The van der Waals surface area contributed by atoms with E-state index < -0.39 is 10.0 Å². The summed E-state index contributed by atoms with van der Waals surface area (Å²) in [4.78, 5) is 0.200. The van der Waals surface area contributed by atoms with Gasteiger partial charge in [-0.15, -0.1) is 0 Å². The summed E-state index contributed by atoms with van der Waals surface area (Å²) < 4.78 is 31.9. The van der Waals surface area contributed by atoms with E-state index in [-0.39, 0.29) is 17.0 Å². The molecule has 1 aliphatic carbocycles. The molecule has 1 saturated carbocycles. The highest BCUT2D eigenvalue weighted by Crippen LogP contribution is 2.29. The average molecular weight is 312 g/mol. The molecule has 0 heterocycles. The van der Waals surface area contributed by atoms with Crippen LogP contribution in [0.15, 0.2) is 29.2 Å². The van der Waals surface area contributed by atoms with E-state index in [2.05, 4.69) is 0 Å². The molecule has 0 bridgehead atoms. The van der Waals surface area contributed by atoms with Crippen LogP contribution in [0.2, 0.25) is 0 Å². The lowest BCUT2D eigenvalue weighted by molar-refractivity contribution is 0.158. The molecule has 2 unspecified atom stereocenters. The van der Waals surface area contributed by atoms with Crippen molar-refractivity contribution >= 4 is 10.0 Å². The molecule has 2 N–H and O–H groups in total. The predicted molar refractivity (Wildman–Crippen MR) is 82.8 cm³/mol. The molecule has 6 heteroatoms. The van der Waals surface area contributed by atoms with E-state index >= 15 is 0 Å². The summed E-state index contributed by atoms with van der Waals surface area (Å²) in [6.07, 6.45) is 5.02. The Balaban J connectivity index is 2.28. The molecule has 0 aliphatic heterocycles. The first-order chi connectivity index (χ1) is 9.93. The second-order valence-electron chi connectivity index (χ2n) is 5.69. The van der Waals surface area contributed by atoms with E-state index in [0.717, 1.165) is 32.1 Å². The molecule has 2 atom stereocenters. The minimum Gasteiger partial charge on any atom is -0.487 e. The second-order valence-corrected chi connectivity index (χ2v) is 7.81. The topological polar surface area (TPSA) is 72.6 Å². The Morgan fingerprint density at radius 3 is 2.52 bits per heavy atom. The number of nitrogens with two attached hydrogens (primary N) is 1. The molecular formula is C15H24N2O3S. The van der Waals surface area contributed by atoms with Crippen LogP contribution < -0.4 is 10.5 Å². The number of sulfonamides is 1. The normalized spacial score (nSPS) is 23.8. The highest BCUT2D eigenvalue weighted by molar-refractivity contribution is 7.89. The molecule has 1 aliphatic rings. The Bertz CT molecular complexity index is 572. The van der Waals surface area contributed by atoms with Crippen molar-refractivity contribution < 1.29 is 13.2 Å². The average Bonchev–Trinajstić information content (AvgIpc) is 2.64. The Morgan fingerprint density at radius 2 is 1.81 bits per heavy atom. The summed E-state index contributed by atoms with van der Waals surface area (Å²) in [6.45, 7) is 0. The van der Waals surface area contributed by atoms with E-state index in [1.807, 2.05) is 0 Å². The first kappa shape index (κ1) is 16.3. The maximum Gasteiger partial charge on any atom is 0.246 e. The number of benzene rings is 1. The zero-order chi connectivity index (χ0) is 15.5. The SMILES string of the molecule is CN(C)S(=O)(=O)c1ccccc1OC1CCCCCC1N. The van der Waals surface area contributed by atoms with Crippen LogP contribution in [0.25, 0.3) is 0 Å². The third-order valence-corrected chi connectivity index (χ3v) is 5.74. The van der Waals surface area contributed by atoms with Gasteiger partial charge in [0.25, 0.3) is 0 Å². The Hall–Kier alpha value is -1.11. The monoisotopic (exact) mass is 312 g/mol. The molecule has 0 amide bonds. The number of hydrogen-bond acceptors (Lipinski definition) is 4. The Morgan fingerprint density at radius 1 is 1.14 bits per heavy atom. The number of nitrogens with zero attached hydrogens (tertiary/aromatic N) is 1. The number of rotatable bonds is 4. The van der Waals surface area contributed by atoms with E-state index in [9.17, 15) is 8.42 Å². The molecule has 0 aromatic heterocycles. The van der Waals surface area contributed by atoms with Gasteiger partial charge < -0.3 is 10.5 Å². The third kappa shape index (κ3) is 3.75. The van der Waals surface area contributed by atoms with Crippen molar-refractivity contribution in [2.75, 3.05) is 14.1 Å². The molecule has 0 spiro atoms. The van der Waals surface area contributed by atoms with Gasteiger partial charge in [0.15, 0.2) is 0 Å². The van der Waals surface area contributed by atoms with E-state index in [1.165, 1.54) is 18.4 Å². The van der Waals surface area contributed by atoms with E-state index in [0.29, 0.717) is 5.75 Å². The number of ether oxygens (including phenoxy) is 1. The molecule has 21 heavy (non-hydrogen) atoms. The molecule has 1 fully saturated rings. The van der Waals surface area contributed by atoms with Gasteiger partial charge >= 0.3 is 0 Å². The van der Waals surface area contributed by atoms with Crippen molar-refractivity contribution in [2.24, 2.45) is 5.73 Å². The van der Waals surface area contributed by atoms with Gasteiger partial charge in [-0.25, -0.2) is 12.7 Å². The van der Waals surface area contributed by atoms with Gasteiger partial charge in [0.05, 0.1) is 0 Å². The lowest BCUT2D eigenvalue weighted by Crippen LogP contribution is -2.38. The molecular weight excluding hydrogens is 288 g/mol. The van der Waals surface area contributed by atoms with Crippen molar-refractivity contribution in [2.45, 2.75) is 49.1 Å². The fourth-order valence-corrected chi connectivity index (χ4v) is 3.58. The first-order valence-corrected chi connectivity index (χ1v) is 8.80. The fourth-order valence-electron chi connectivity index (χ4n) is 2.57. The van der Waals surface area contributed by atoms with Crippen molar-refractivity contribution in [3.05, 3.63) is 24.3 Å². The maximum absolute atomic E-state index is 12.4. The van der Waals surface area contributed by atoms with Crippen LogP contribution in [0.4, 0.5) is 0 Å². The molecule has 1 aromatic rings. The van der Waals surface area contributed by atoms with Crippen LogP contribution in [0.1, 0.15) is 32.1 Å². The lowest BCUT2D eigenvalue weighted by atomic mass is 10.1. The largest absolute Gasteiger partial charge is 0.487 e. The summed E-state index contributed by atoms with van der Waals surface area (Å²) in [7, 11) is -0.483. The van der Waals surface area contributed by atoms with Crippen LogP contribution in [-0.4, -0.2) is 39.0 Å². The van der Waals surface area contributed by atoms with Crippen LogP contribution >= 0.6 is 0 Å². The zero-order valence-corrected chi connectivity index (χ0v) is 13.5. The van der Waals surface area contributed by atoms with Crippen LogP contribution in [0.3, 0.4) is 0 Å². The van der Waals surface area contributed by atoms with Gasteiger partial charge in [-0.05, 0) is 31.4 Å².